The normalized spacial score (nSPS) is 16.3. The lowest BCUT2D eigenvalue weighted by molar-refractivity contribution is -0.119. The zero-order valence-corrected chi connectivity index (χ0v) is 9.54. The van der Waals surface area contributed by atoms with Crippen molar-refractivity contribution in [3.63, 3.8) is 0 Å². The molecule has 4 heteroatoms. The standard InChI is InChI=1S/C12H12ClNO2/c13-10-7-9(8-15)4-5-11(10)14-6-2-1-3-12(14)16/h4-5,7-8H,1-3,6H2. The molecule has 3 nitrogen and oxygen atoms in total. The van der Waals surface area contributed by atoms with Crippen LogP contribution >= 0.6 is 11.6 Å². The van der Waals surface area contributed by atoms with Crippen LogP contribution in [0.4, 0.5) is 5.69 Å². The van der Waals surface area contributed by atoms with Crippen molar-refractivity contribution in [2.75, 3.05) is 11.4 Å². The van der Waals surface area contributed by atoms with Crippen molar-refractivity contribution in [2.45, 2.75) is 19.3 Å². The second kappa shape index (κ2) is 4.66. The van der Waals surface area contributed by atoms with Gasteiger partial charge in [0, 0.05) is 18.5 Å². The second-order valence-electron chi connectivity index (χ2n) is 3.83. The van der Waals surface area contributed by atoms with Gasteiger partial charge in [-0.15, -0.1) is 0 Å². The van der Waals surface area contributed by atoms with Gasteiger partial charge in [-0.05, 0) is 31.0 Å². The van der Waals surface area contributed by atoms with E-state index in [1.807, 2.05) is 0 Å². The minimum atomic E-state index is 0.104. The molecular formula is C12H12ClNO2. The molecule has 0 bridgehead atoms. The Bertz CT molecular complexity index is 431. The summed E-state index contributed by atoms with van der Waals surface area (Å²) in [4.78, 5) is 24.0. The van der Waals surface area contributed by atoms with Crippen molar-refractivity contribution in [1.29, 1.82) is 0 Å². The van der Waals surface area contributed by atoms with Gasteiger partial charge in [0.1, 0.15) is 6.29 Å². The molecule has 0 spiro atoms. The van der Waals surface area contributed by atoms with Gasteiger partial charge < -0.3 is 4.90 Å². The van der Waals surface area contributed by atoms with Crippen LogP contribution in [0.3, 0.4) is 0 Å². The maximum Gasteiger partial charge on any atom is 0.227 e. The van der Waals surface area contributed by atoms with Crippen LogP contribution in [0, 0.1) is 0 Å². The third-order valence-corrected chi connectivity index (χ3v) is 3.02. The fourth-order valence-corrected chi connectivity index (χ4v) is 2.17. The quantitative estimate of drug-likeness (QED) is 0.742. The summed E-state index contributed by atoms with van der Waals surface area (Å²) in [7, 11) is 0. The fourth-order valence-electron chi connectivity index (χ4n) is 1.88. The zero-order chi connectivity index (χ0) is 11.5. The molecule has 84 valence electrons. The predicted molar refractivity (Wildman–Crippen MR) is 63.0 cm³/mol. The Balaban J connectivity index is 2.32. The zero-order valence-electron chi connectivity index (χ0n) is 8.78. The topological polar surface area (TPSA) is 37.4 Å². The van der Waals surface area contributed by atoms with E-state index in [2.05, 4.69) is 0 Å². The van der Waals surface area contributed by atoms with Crippen LogP contribution in [0.15, 0.2) is 18.2 Å². The number of benzene rings is 1. The number of rotatable bonds is 2. The van der Waals surface area contributed by atoms with Crippen molar-refractivity contribution in [3.05, 3.63) is 28.8 Å². The highest BCUT2D eigenvalue weighted by atomic mass is 35.5. The highest BCUT2D eigenvalue weighted by Crippen LogP contribution is 2.29. The van der Waals surface area contributed by atoms with Gasteiger partial charge in [0.05, 0.1) is 10.7 Å². The van der Waals surface area contributed by atoms with Gasteiger partial charge in [-0.3, -0.25) is 9.59 Å². The first-order valence-electron chi connectivity index (χ1n) is 5.27. The molecule has 2 rings (SSSR count). The maximum absolute atomic E-state index is 11.7. The number of nitrogens with zero attached hydrogens (tertiary/aromatic N) is 1. The largest absolute Gasteiger partial charge is 0.311 e. The van der Waals surface area contributed by atoms with E-state index in [1.165, 1.54) is 0 Å². The first-order valence-corrected chi connectivity index (χ1v) is 5.65. The van der Waals surface area contributed by atoms with Crippen LogP contribution in [0.25, 0.3) is 0 Å². The van der Waals surface area contributed by atoms with E-state index in [1.54, 1.807) is 23.1 Å². The average molecular weight is 238 g/mol. The molecule has 0 unspecified atom stereocenters. The van der Waals surface area contributed by atoms with Gasteiger partial charge in [0.25, 0.3) is 0 Å². The number of carbonyl (C=O) groups is 2. The first-order chi connectivity index (χ1) is 7.72. The summed E-state index contributed by atoms with van der Waals surface area (Å²) in [5.41, 5.74) is 1.23. The smallest absolute Gasteiger partial charge is 0.227 e. The summed E-state index contributed by atoms with van der Waals surface area (Å²) in [5, 5.41) is 0.458. The molecule has 1 heterocycles. The molecule has 16 heavy (non-hydrogen) atoms. The van der Waals surface area contributed by atoms with Crippen LogP contribution in [0.2, 0.25) is 5.02 Å². The van der Waals surface area contributed by atoms with Gasteiger partial charge in [-0.25, -0.2) is 0 Å². The molecule has 0 atom stereocenters. The molecule has 1 saturated heterocycles. The van der Waals surface area contributed by atoms with E-state index < -0.39 is 0 Å². The van der Waals surface area contributed by atoms with Gasteiger partial charge >= 0.3 is 0 Å². The Labute approximate surface area is 99.0 Å². The molecule has 1 fully saturated rings. The van der Waals surface area contributed by atoms with Gasteiger partial charge in [-0.2, -0.15) is 0 Å². The van der Waals surface area contributed by atoms with Gasteiger partial charge in [-0.1, -0.05) is 11.6 Å². The Morgan fingerprint density at radius 1 is 1.31 bits per heavy atom. The molecule has 1 aliphatic heterocycles. The third kappa shape index (κ3) is 2.09. The van der Waals surface area contributed by atoms with Crippen LogP contribution in [0.5, 0.6) is 0 Å². The number of anilines is 1. The maximum atomic E-state index is 11.7. The van der Waals surface area contributed by atoms with Crippen molar-refractivity contribution >= 4 is 29.5 Å². The Morgan fingerprint density at radius 2 is 2.12 bits per heavy atom. The van der Waals surface area contributed by atoms with Crippen LogP contribution in [0.1, 0.15) is 29.6 Å². The first kappa shape index (κ1) is 11.1. The average Bonchev–Trinajstić information content (AvgIpc) is 2.30. The van der Waals surface area contributed by atoms with Crippen molar-refractivity contribution < 1.29 is 9.59 Å². The van der Waals surface area contributed by atoms with E-state index in [0.29, 0.717) is 29.2 Å². The number of carbonyl (C=O) groups excluding carboxylic acids is 2. The number of amides is 1. The summed E-state index contributed by atoms with van der Waals surface area (Å²) in [6.45, 7) is 0.707. The van der Waals surface area contributed by atoms with Gasteiger partial charge in [0.2, 0.25) is 5.91 Å². The second-order valence-corrected chi connectivity index (χ2v) is 4.24. The van der Waals surface area contributed by atoms with Crippen molar-refractivity contribution in [3.8, 4) is 0 Å². The minimum Gasteiger partial charge on any atom is -0.311 e. The molecule has 1 aromatic rings. The fraction of sp³-hybridized carbons (Fsp3) is 0.333. The lowest BCUT2D eigenvalue weighted by Crippen LogP contribution is -2.35. The molecule has 1 aliphatic rings. The highest BCUT2D eigenvalue weighted by molar-refractivity contribution is 6.34. The SMILES string of the molecule is O=Cc1ccc(N2CCCCC2=O)c(Cl)c1. The van der Waals surface area contributed by atoms with Crippen LogP contribution in [-0.4, -0.2) is 18.7 Å². The number of aldehydes is 1. The Morgan fingerprint density at radius 3 is 2.75 bits per heavy atom. The molecule has 0 radical (unpaired) electrons. The lowest BCUT2D eigenvalue weighted by atomic mass is 10.1. The molecular weight excluding hydrogens is 226 g/mol. The van der Waals surface area contributed by atoms with Crippen LogP contribution in [-0.2, 0) is 4.79 Å². The predicted octanol–water partition coefficient (Wildman–Crippen LogP) is 2.67. The number of hydrogen-bond donors (Lipinski definition) is 0. The summed E-state index contributed by atoms with van der Waals surface area (Å²) >= 11 is 6.05. The van der Waals surface area contributed by atoms with Crippen molar-refractivity contribution in [1.82, 2.24) is 0 Å². The lowest BCUT2D eigenvalue weighted by Gasteiger charge is -2.27. The molecule has 0 aromatic heterocycles. The molecule has 1 amide bonds. The molecule has 0 aliphatic carbocycles. The summed E-state index contributed by atoms with van der Waals surface area (Å²) in [5.74, 6) is 0.104. The summed E-state index contributed by atoms with van der Waals surface area (Å²) in [6, 6.07) is 5.00. The van der Waals surface area contributed by atoms with E-state index >= 15 is 0 Å². The van der Waals surface area contributed by atoms with E-state index in [4.69, 9.17) is 11.6 Å². The van der Waals surface area contributed by atoms with Crippen LogP contribution < -0.4 is 4.90 Å². The molecule has 0 saturated carbocycles. The number of hydrogen-bond acceptors (Lipinski definition) is 2. The Hall–Kier alpha value is -1.35. The van der Waals surface area contributed by atoms with Gasteiger partial charge in [0.15, 0.2) is 0 Å². The monoisotopic (exact) mass is 237 g/mol. The minimum absolute atomic E-state index is 0.104. The van der Waals surface area contributed by atoms with E-state index in [0.717, 1.165) is 19.1 Å². The Kier molecular flexibility index (Phi) is 3.25. The number of halogens is 1. The highest BCUT2D eigenvalue weighted by Gasteiger charge is 2.21. The molecule has 1 aromatic carbocycles. The number of piperidine rings is 1. The summed E-state index contributed by atoms with van der Waals surface area (Å²) < 4.78 is 0. The van der Waals surface area contributed by atoms with E-state index in [-0.39, 0.29) is 5.91 Å². The van der Waals surface area contributed by atoms with Crippen molar-refractivity contribution in [2.24, 2.45) is 0 Å². The molecule has 0 N–H and O–H groups in total. The van der Waals surface area contributed by atoms with E-state index in [9.17, 15) is 9.59 Å². The summed E-state index contributed by atoms with van der Waals surface area (Å²) in [6.07, 6.45) is 3.26. The third-order valence-electron chi connectivity index (χ3n) is 2.72.